The van der Waals surface area contributed by atoms with Crippen LogP contribution in [0.4, 0.5) is 0 Å². The zero-order chi connectivity index (χ0) is 17.4. The van der Waals surface area contributed by atoms with Crippen molar-refractivity contribution in [1.82, 2.24) is 10.4 Å². The predicted molar refractivity (Wildman–Crippen MR) is 104 cm³/mol. The maximum absolute atomic E-state index is 13.6. The fourth-order valence-corrected chi connectivity index (χ4v) is 6.45. The van der Waals surface area contributed by atoms with E-state index in [0.29, 0.717) is 23.8 Å². The van der Waals surface area contributed by atoms with Gasteiger partial charge < -0.3 is 0 Å². The lowest BCUT2D eigenvalue weighted by atomic mass is 9.61. The first kappa shape index (κ1) is 17.8. The van der Waals surface area contributed by atoms with E-state index in [1.807, 2.05) is 5.01 Å². The molecule has 5 unspecified atom stereocenters. The van der Waals surface area contributed by atoms with E-state index in [9.17, 15) is 4.79 Å². The number of nitrogens with zero attached hydrogens (tertiary/aromatic N) is 2. The minimum Gasteiger partial charge on any atom is -0.270 e. The molecule has 25 heavy (non-hydrogen) atoms. The van der Waals surface area contributed by atoms with Crippen LogP contribution in [0.1, 0.15) is 77.6 Å². The molecular formula is C20H33N3OS. The highest BCUT2D eigenvalue weighted by Gasteiger charge is 2.57. The Labute approximate surface area is 156 Å². The van der Waals surface area contributed by atoms with Gasteiger partial charge in [-0.3, -0.25) is 4.79 Å². The van der Waals surface area contributed by atoms with Crippen molar-refractivity contribution >= 4 is 22.8 Å². The number of rotatable bonds is 2. The van der Waals surface area contributed by atoms with E-state index < -0.39 is 5.54 Å². The van der Waals surface area contributed by atoms with E-state index in [4.69, 9.17) is 4.99 Å². The second-order valence-electron chi connectivity index (χ2n) is 8.70. The summed E-state index contributed by atoms with van der Waals surface area (Å²) >= 11 is 1.63. The summed E-state index contributed by atoms with van der Waals surface area (Å²) in [5, 5.41) is 2.78. The quantitative estimate of drug-likeness (QED) is 0.793. The summed E-state index contributed by atoms with van der Waals surface area (Å²) in [6.07, 6.45) is 15.6. The number of amidine groups is 1. The van der Waals surface area contributed by atoms with Crippen LogP contribution < -0.4 is 5.43 Å². The smallest absolute Gasteiger partial charge is 0.270 e. The van der Waals surface area contributed by atoms with E-state index in [-0.39, 0.29) is 5.91 Å². The number of nitrogens with one attached hydrogen (secondary N) is 1. The highest BCUT2D eigenvalue weighted by molar-refractivity contribution is 8.13. The van der Waals surface area contributed by atoms with Crippen molar-refractivity contribution in [2.45, 2.75) is 89.1 Å². The molecule has 0 aromatic heterocycles. The molecule has 4 rings (SSSR count). The third kappa shape index (κ3) is 3.05. The molecule has 0 saturated heterocycles. The zero-order valence-corrected chi connectivity index (χ0v) is 16.6. The first-order valence-corrected chi connectivity index (χ1v) is 11.6. The SMILES string of the molecule is CSC1=NC2(CCCC3CCCCC32)C(=O)N1NC1CCCCC1C. The van der Waals surface area contributed by atoms with Gasteiger partial charge in [-0.15, -0.1) is 0 Å². The molecule has 1 aliphatic heterocycles. The highest BCUT2D eigenvalue weighted by atomic mass is 32.2. The Kier molecular flexibility index (Phi) is 5.16. The minimum absolute atomic E-state index is 0.256. The lowest BCUT2D eigenvalue weighted by Crippen LogP contribution is -2.58. The van der Waals surface area contributed by atoms with Gasteiger partial charge in [-0.05, 0) is 56.1 Å². The van der Waals surface area contributed by atoms with Crippen LogP contribution in [0.25, 0.3) is 0 Å². The third-order valence-electron chi connectivity index (χ3n) is 7.30. The van der Waals surface area contributed by atoms with E-state index in [0.717, 1.165) is 18.0 Å². The monoisotopic (exact) mass is 363 g/mol. The molecule has 1 N–H and O–H groups in total. The molecule has 5 heteroatoms. The van der Waals surface area contributed by atoms with Crippen LogP contribution in [0.15, 0.2) is 4.99 Å². The second-order valence-corrected chi connectivity index (χ2v) is 9.48. The molecule has 5 atom stereocenters. The van der Waals surface area contributed by atoms with Gasteiger partial charge in [-0.2, -0.15) is 0 Å². The van der Waals surface area contributed by atoms with Gasteiger partial charge in [0.25, 0.3) is 5.91 Å². The van der Waals surface area contributed by atoms with Crippen LogP contribution in [-0.4, -0.2) is 33.9 Å². The van der Waals surface area contributed by atoms with E-state index in [1.54, 1.807) is 11.8 Å². The standard InChI is InChI=1S/C20H33N3OS/c1-14-8-3-6-12-17(14)22-23-18(24)20(21-19(23)25-2)13-7-10-15-9-4-5-11-16(15)20/h14-17,22H,3-13H2,1-2H3. The van der Waals surface area contributed by atoms with Crippen LogP contribution in [0.2, 0.25) is 0 Å². The Morgan fingerprint density at radius 3 is 2.60 bits per heavy atom. The van der Waals surface area contributed by atoms with Crippen LogP contribution in [0, 0.1) is 17.8 Å². The number of carbonyl (C=O) groups excluding carboxylic acids is 1. The van der Waals surface area contributed by atoms with Gasteiger partial charge in [-0.1, -0.05) is 57.2 Å². The molecule has 0 bridgehead atoms. The Morgan fingerprint density at radius 2 is 1.80 bits per heavy atom. The third-order valence-corrected chi connectivity index (χ3v) is 7.94. The molecular weight excluding hydrogens is 330 g/mol. The average molecular weight is 364 g/mol. The molecule has 3 aliphatic carbocycles. The molecule has 4 nitrogen and oxygen atoms in total. The Balaban J connectivity index is 1.58. The van der Waals surface area contributed by atoms with Crippen molar-refractivity contribution in [1.29, 1.82) is 0 Å². The predicted octanol–water partition coefficient (Wildman–Crippen LogP) is 4.36. The second kappa shape index (κ2) is 7.22. The maximum atomic E-state index is 13.6. The molecule has 3 saturated carbocycles. The van der Waals surface area contributed by atoms with Gasteiger partial charge in [0.1, 0.15) is 5.54 Å². The first-order chi connectivity index (χ1) is 12.2. The number of thioether (sulfide) groups is 1. The van der Waals surface area contributed by atoms with E-state index >= 15 is 0 Å². The Hall–Kier alpha value is -0.550. The number of hydrogen-bond acceptors (Lipinski definition) is 4. The topological polar surface area (TPSA) is 44.7 Å². The van der Waals surface area contributed by atoms with Gasteiger partial charge in [0.2, 0.25) is 0 Å². The molecule has 0 aromatic carbocycles. The van der Waals surface area contributed by atoms with Crippen molar-refractivity contribution in [2.24, 2.45) is 22.7 Å². The van der Waals surface area contributed by atoms with Crippen molar-refractivity contribution < 1.29 is 4.79 Å². The van der Waals surface area contributed by atoms with Crippen molar-refractivity contribution in [3.8, 4) is 0 Å². The molecule has 1 spiro atoms. The van der Waals surface area contributed by atoms with Gasteiger partial charge in [0.05, 0.1) is 0 Å². The lowest BCUT2D eigenvalue weighted by molar-refractivity contribution is -0.139. The van der Waals surface area contributed by atoms with Crippen molar-refractivity contribution in [2.75, 3.05) is 6.26 Å². The molecule has 1 heterocycles. The van der Waals surface area contributed by atoms with Crippen LogP contribution in [-0.2, 0) is 4.79 Å². The minimum atomic E-state index is -0.452. The first-order valence-electron chi connectivity index (χ1n) is 10.4. The number of amides is 1. The molecule has 0 radical (unpaired) electrons. The molecule has 0 aromatic rings. The maximum Gasteiger partial charge on any atom is 0.271 e. The molecule has 140 valence electrons. The zero-order valence-electron chi connectivity index (χ0n) is 15.8. The van der Waals surface area contributed by atoms with Crippen LogP contribution in [0.3, 0.4) is 0 Å². The summed E-state index contributed by atoms with van der Waals surface area (Å²) in [6.45, 7) is 2.32. The fraction of sp³-hybridized carbons (Fsp3) is 0.900. The van der Waals surface area contributed by atoms with Crippen molar-refractivity contribution in [3.05, 3.63) is 0 Å². The number of aliphatic imine (C=N–C) groups is 1. The number of hydrazine groups is 1. The lowest BCUT2D eigenvalue weighted by Gasteiger charge is -2.45. The Bertz CT molecular complexity index is 549. The summed E-state index contributed by atoms with van der Waals surface area (Å²) in [4.78, 5) is 18.8. The highest BCUT2D eigenvalue weighted by Crippen LogP contribution is 2.51. The fourth-order valence-electron chi connectivity index (χ4n) is 5.88. The van der Waals surface area contributed by atoms with Gasteiger partial charge >= 0.3 is 0 Å². The number of carbonyl (C=O) groups is 1. The van der Waals surface area contributed by atoms with E-state index in [1.165, 1.54) is 57.8 Å². The summed E-state index contributed by atoms with van der Waals surface area (Å²) in [5.41, 5.74) is 3.17. The van der Waals surface area contributed by atoms with Crippen LogP contribution in [0.5, 0.6) is 0 Å². The summed E-state index contributed by atoms with van der Waals surface area (Å²) in [5.74, 6) is 2.08. The van der Waals surface area contributed by atoms with E-state index in [2.05, 4.69) is 18.6 Å². The van der Waals surface area contributed by atoms with Crippen LogP contribution >= 0.6 is 11.8 Å². The molecule has 4 aliphatic rings. The van der Waals surface area contributed by atoms with Gasteiger partial charge in [0, 0.05) is 6.04 Å². The molecule has 1 amide bonds. The molecule has 3 fully saturated rings. The largest absolute Gasteiger partial charge is 0.271 e. The number of fused-ring (bicyclic) bond motifs is 2. The Morgan fingerprint density at radius 1 is 1.08 bits per heavy atom. The van der Waals surface area contributed by atoms with Gasteiger partial charge in [-0.25, -0.2) is 15.4 Å². The summed E-state index contributed by atoms with van der Waals surface area (Å²) in [7, 11) is 0. The van der Waals surface area contributed by atoms with Crippen molar-refractivity contribution in [3.63, 3.8) is 0 Å². The summed E-state index contributed by atoms with van der Waals surface area (Å²) < 4.78 is 0. The normalized spacial score (nSPS) is 41.8. The number of hydrogen-bond donors (Lipinski definition) is 1. The van der Waals surface area contributed by atoms with Gasteiger partial charge in [0.15, 0.2) is 5.17 Å². The average Bonchev–Trinajstić information content (AvgIpc) is 2.90. The summed E-state index contributed by atoms with van der Waals surface area (Å²) in [6, 6.07) is 0.413.